The quantitative estimate of drug-likeness (QED) is 0.614. The van der Waals surface area contributed by atoms with E-state index >= 15 is 0 Å². The molecule has 4 fully saturated rings. The number of thiol groups is 1. The van der Waals surface area contributed by atoms with E-state index in [0.29, 0.717) is 29.5 Å². The molecule has 0 heterocycles. The van der Waals surface area contributed by atoms with Gasteiger partial charge in [-0.1, -0.05) is 0 Å². The summed E-state index contributed by atoms with van der Waals surface area (Å²) in [4.78, 5) is 23.4. The molecule has 0 aromatic heterocycles. The van der Waals surface area contributed by atoms with Crippen LogP contribution in [0.1, 0.15) is 32.6 Å². The molecule has 0 saturated heterocycles. The van der Waals surface area contributed by atoms with Gasteiger partial charge in [0.2, 0.25) is 0 Å². The first-order valence-corrected chi connectivity index (χ1v) is 7.76. The molecule has 8 unspecified atom stereocenters. The van der Waals surface area contributed by atoms with Crippen molar-refractivity contribution in [3.63, 3.8) is 0 Å². The number of hydrogen-bond acceptors (Lipinski definition) is 2. The fourth-order valence-corrected chi connectivity index (χ4v) is 6.65. The fourth-order valence-electron chi connectivity index (χ4n) is 6.35. The van der Waals surface area contributed by atoms with Crippen molar-refractivity contribution in [3.8, 4) is 0 Å². The highest BCUT2D eigenvalue weighted by atomic mass is 32.1. The van der Waals surface area contributed by atoms with E-state index in [0.717, 1.165) is 30.6 Å². The van der Waals surface area contributed by atoms with Crippen molar-refractivity contribution in [2.45, 2.75) is 32.6 Å². The Hall–Kier alpha value is -0.310. The first kappa shape index (κ1) is 11.5. The maximum atomic E-state index is 11.8. The molecular weight excluding hydrogens is 244 g/mol. The summed E-state index contributed by atoms with van der Waals surface area (Å²) < 4.78 is 0. The summed E-state index contributed by atoms with van der Waals surface area (Å²) in [5.41, 5.74) is 0. The number of carbonyl (C=O) groups is 2. The number of rotatable bonds is 2. The van der Waals surface area contributed by atoms with Crippen LogP contribution in [0.3, 0.4) is 0 Å². The highest BCUT2D eigenvalue weighted by Crippen LogP contribution is 2.70. The zero-order chi connectivity index (χ0) is 12.6. The van der Waals surface area contributed by atoms with Gasteiger partial charge in [0, 0.05) is 11.8 Å². The number of carbonyl (C=O) groups excluding carboxylic acids is 2. The van der Waals surface area contributed by atoms with Crippen LogP contribution >= 0.6 is 12.6 Å². The molecule has 4 bridgehead atoms. The SMILES string of the molecule is CC(=O)C1CC2CC1C1C3CC(CC3C(=O)S)C21. The molecule has 8 atom stereocenters. The number of fused-ring (bicyclic) bond motifs is 9. The molecule has 0 spiro atoms. The second-order valence-electron chi connectivity index (χ2n) is 7.11. The molecule has 0 aromatic carbocycles. The van der Waals surface area contributed by atoms with E-state index in [4.69, 9.17) is 0 Å². The van der Waals surface area contributed by atoms with Gasteiger partial charge in [0.15, 0.2) is 5.12 Å². The van der Waals surface area contributed by atoms with E-state index < -0.39 is 0 Å². The third-order valence-corrected chi connectivity index (χ3v) is 6.99. The molecule has 0 amide bonds. The molecule has 18 heavy (non-hydrogen) atoms. The molecule has 0 N–H and O–H groups in total. The molecule has 4 aliphatic carbocycles. The minimum Gasteiger partial charge on any atom is -0.300 e. The first-order valence-electron chi connectivity index (χ1n) is 7.31. The molecule has 2 nitrogen and oxygen atoms in total. The average molecular weight is 264 g/mol. The molecule has 4 aliphatic rings. The van der Waals surface area contributed by atoms with E-state index in [9.17, 15) is 9.59 Å². The molecular formula is C15H20O2S. The second-order valence-corrected chi connectivity index (χ2v) is 7.55. The van der Waals surface area contributed by atoms with Gasteiger partial charge in [0.05, 0.1) is 0 Å². The van der Waals surface area contributed by atoms with Crippen molar-refractivity contribution in [1.29, 1.82) is 0 Å². The standard InChI is InChI=1S/C15H20O2S/c1-6(16)9-2-7-3-10(9)14-11-4-8(13(7)14)5-12(11)15(17)18/h7-14H,2-5H2,1H3,(H,17,18). The molecule has 0 aliphatic heterocycles. The summed E-state index contributed by atoms with van der Waals surface area (Å²) in [5, 5.41) is 0.100. The van der Waals surface area contributed by atoms with Crippen molar-refractivity contribution in [2.75, 3.05) is 0 Å². The van der Waals surface area contributed by atoms with Crippen LogP contribution in [0, 0.1) is 47.3 Å². The molecule has 0 aromatic rings. The van der Waals surface area contributed by atoms with Crippen LogP contribution in [-0.4, -0.2) is 10.9 Å². The maximum Gasteiger partial charge on any atom is 0.189 e. The Labute approximate surface area is 113 Å². The van der Waals surface area contributed by atoms with E-state index in [-0.39, 0.29) is 11.0 Å². The second kappa shape index (κ2) is 3.62. The minimum atomic E-state index is 0.100. The van der Waals surface area contributed by atoms with E-state index in [1.54, 1.807) is 6.92 Å². The van der Waals surface area contributed by atoms with Crippen molar-refractivity contribution >= 4 is 23.5 Å². The Bertz CT molecular complexity index is 394. The lowest BCUT2D eigenvalue weighted by atomic mass is 9.64. The van der Waals surface area contributed by atoms with Gasteiger partial charge in [-0.25, -0.2) is 0 Å². The Morgan fingerprint density at radius 2 is 1.44 bits per heavy atom. The number of ketones is 1. The van der Waals surface area contributed by atoms with Crippen molar-refractivity contribution < 1.29 is 9.59 Å². The Kier molecular flexibility index (Phi) is 2.31. The van der Waals surface area contributed by atoms with Gasteiger partial charge >= 0.3 is 0 Å². The van der Waals surface area contributed by atoms with Gasteiger partial charge < -0.3 is 0 Å². The highest BCUT2D eigenvalue weighted by Gasteiger charge is 2.65. The van der Waals surface area contributed by atoms with Crippen LogP contribution in [0.5, 0.6) is 0 Å². The Balaban J connectivity index is 1.65. The lowest BCUT2D eigenvalue weighted by Gasteiger charge is -2.40. The van der Waals surface area contributed by atoms with E-state index in [2.05, 4.69) is 12.6 Å². The Morgan fingerprint density at radius 1 is 0.889 bits per heavy atom. The monoisotopic (exact) mass is 264 g/mol. The van der Waals surface area contributed by atoms with Crippen LogP contribution in [-0.2, 0) is 9.59 Å². The van der Waals surface area contributed by atoms with Crippen LogP contribution in [0.25, 0.3) is 0 Å². The summed E-state index contributed by atoms with van der Waals surface area (Å²) in [7, 11) is 0. The largest absolute Gasteiger partial charge is 0.300 e. The average Bonchev–Trinajstić information content (AvgIpc) is 3.05. The summed E-state index contributed by atoms with van der Waals surface area (Å²) >= 11 is 4.08. The van der Waals surface area contributed by atoms with Gasteiger partial charge in [0.1, 0.15) is 5.78 Å². The van der Waals surface area contributed by atoms with Gasteiger partial charge in [-0.15, -0.1) is 12.6 Å². The summed E-state index contributed by atoms with van der Waals surface area (Å²) in [6.07, 6.45) is 4.73. The summed E-state index contributed by atoms with van der Waals surface area (Å²) in [6.45, 7) is 1.76. The van der Waals surface area contributed by atoms with Gasteiger partial charge in [-0.2, -0.15) is 0 Å². The first-order chi connectivity index (χ1) is 8.58. The zero-order valence-electron chi connectivity index (χ0n) is 10.7. The van der Waals surface area contributed by atoms with Gasteiger partial charge in [0.25, 0.3) is 0 Å². The molecule has 4 saturated carbocycles. The van der Waals surface area contributed by atoms with Crippen LogP contribution in [0.4, 0.5) is 0 Å². The summed E-state index contributed by atoms with van der Waals surface area (Å²) in [5.74, 6) is 5.14. The number of Topliss-reactive ketones (excluding diaryl/α,β-unsaturated/α-hetero) is 1. The predicted molar refractivity (Wildman–Crippen MR) is 71.1 cm³/mol. The van der Waals surface area contributed by atoms with Gasteiger partial charge in [-0.05, 0) is 68.1 Å². The third kappa shape index (κ3) is 1.27. The topological polar surface area (TPSA) is 34.1 Å². The van der Waals surface area contributed by atoms with Crippen LogP contribution in [0.15, 0.2) is 0 Å². The van der Waals surface area contributed by atoms with Crippen molar-refractivity contribution in [1.82, 2.24) is 0 Å². The lowest BCUT2D eigenvalue weighted by molar-refractivity contribution is -0.124. The van der Waals surface area contributed by atoms with E-state index in [1.165, 1.54) is 12.8 Å². The van der Waals surface area contributed by atoms with Gasteiger partial charge in [-0.3, -0.25) is 9.59 Å². The van der Waals surface area contributed by atoms with Crippen molar-refractivity contribution in [2.24, 2.45) is 47.3 Å². The number of hydrogen-bond donors (Lipinski definition) is 1. The zero-order valence-corrected chi connectivity index (χ0v) is 11.6. The van der Waals surface area contributed by atoms with E-state index in [1.807, 2.05) is 0 Å². The molecule has 0 radical (unpaired) electrons. The van der Waals surface area contributed by atoms with Crippen LogP contribution < -0.4 is 0 Å². The van der Waals surface area contributed by atoms with Crippen molar-refractivity contribution in [3.05, 3.63) is 0 Å². The smallest absolute Gasteiger partial charge is 0.189 e. The molecule has 98 valence electrons. The molecule has 3 heteroatoms. The third-order valence-electron chi connectivity index (χ3n) is 6.66. The predicted octanol–water partition coefficient (Wildman–Crippen LogP) is 2.58. The summed E-state index contributed by atoms with van der Waals surface area (Å²) in [6, 6.07) is 0. The lowest BCUT2D eigenvalue weighted by Crippen LogP contribution is -2.39. The fraction of sp³-hybridized carbons (Fsp3) is 0.867. The highest BCUT2D eigenvalue weighted by molar-refractivity contribution is 7.96. The van der Waals surface area contributed by atoms with Crippen LogP contribution in [0.2, 0.25) is 0 Å². The Morgan fingerprint density at radius 3 is 2.00 bits per heavy atom. The normalized spacial score (nSPS) is 55.9. The minimum absolute atomic E-state index is 0.100. The molecule has 4 rings (SSSR count). The maximum absolute atomic E-state index is 11.8.